The number of carbonyl (C=O) groups is 2. The van der Waals surface area contributed by atoms with Crippen LogP contribution in [0.4, 0.5) is 0 Å². The normalized spacial score (nSPS) is 13.1. The minimum absolute atomic E-state index is 0.195. The van der Waals surface area contributed by atoms with Gasteiger partial charge in [0.2, 0.25) is 0 Å². The lowest BCUT2D eigenvalue weighted by Gasteiger charge is -2.28. The Hall–Kier alpha value is -0.910. The van der Waals surface area contributed by atoms with Crippen molar-refractivity contribution < 1.29 is 32.7 Å². The lowest BCUT2D eigenvalue weighted by Crippen LogP contribution is -2.31. The highest BCUT2D eigenvalue weighted by atomic mass is 31.2. The van der Waals surface area contributed by atoms with Crippen molar-refractivity contribution in [3.63, 3.8) is 0 Å². The van der Waals surface area contributed by atoms with E-state index < -0.39 is 43.8 Å². The van der Waals surface area contributed by atoms with Crippen molar-refractivity contribution in [2.45, 2.75) is 91.5 Å². The van der Waals surface area contributed by atoms with Gasteiger partial charge in [-0.05, 0) is 40.5 Å². The van der Waals surface area contributed by atoms with Crippen LogP contribution in [0.25, 0.3) is 0 Å². The molecule has 7 nitrogen and oxygen atoms in total. The van der Waals surface area contributed by atoms with Crippen LogP contribution < -0.4 is 0 Å². The van der Waals surface area contributed by atoms with E-state index in [1.54, 1.807) is 27.7 Å². The SMILES string of the molecule is CCCCOC(=O)CC(C(=O)OCCCC)P(=O)(OC(C)C)OC(C)C. The third kappa shape index (κ3) is 10.3. The zero-order chi connectivity index (χ0) is 20.2. The number of ether oxygens (including phenoxy) is 2. The molecule has 1 atom stereocenters. The van der Waals surface area contributed by atoms with E-state index in [9.17, 15) is 14.2 Å². The van der Waals surface area contributed by atoms with Crippen LogP contribution in [0.5, 0.6) is 0 Å². The number of carbonyl (C=O) groups excluding carboxylic acids is 2. The molecular formula is C18H35O7P. The average molecular weight is 394 g/mol. The molecule has 0 spiro atoms. The third-order valence-corrected chi connectivity index (χ3v) is 5.82. The number of unbranched alkanes of at least 4 members (excludes halogenated alkanes) is 2. The van der Waals surface area contributed by atoms with Gasteiger partial charge in [0, 0.05) is 0 Å². The molecule has 0 saturated carbocycles. The average Bonchev–Trinajstić information content (AvgIpc) is 2.51. The van der Waals surface area contributed by atoms with Gasteiger partial charge >= 0.3 is 19.5 Å². The first-order chi connectivity index (χ1) is 12.2. The van der Waals surface area contributed by atoms with Crippen LogP contribution in [0.3, 0.4) is 0 Å². The van der Waals surface area contributed by atoms with Gasteiger partial charge in [-0.15, -0.1) is 0 Å². The van der Waals surface area contributed by atoms with E-state index in [2.05, 4.69) is 0 Å². The molecule has 0 N–H and O–H groups in total. The fourth-order valence-corrected chi connectivity index (χ4v) is 4.27. The summed E-state index contributed by atoms with van der Waals surface area (Å²) in [5.41, 5.74) is -1.33. The first-order valence-corrected chi connectivity index (χ1v) is 11.1. The van der Waals surface area contributed by atoms with Crippen LogP contribution in [0.2, 0.25) is 0 Å². The molecule has 0 heterocycles. The lowest BCUT2D eigenvalue weighted by atomic mass is 10.3. The van der Waals surface area contributed by atoms with Gasteiger partial charge < -0.3 is 18.5 Å². The first-order valence-electron chi connectivity index (χ1n) is 9.45. The predicted molar refractivity (Wildman–Crippen MR) is 100 cm³/mol. The van der Waals surface area contributed by atoms with E-state index in [1.807, 2.05) is 13.8 Å². The monoisotopic (exact) mass is 394 g/mol. The Bertz CT molecular complexity index is 448. The second-order valence-electron chi connectivity index (χ2n) is 6.66. The minimum atomic E-state index is -3.91. The zero-order valence-electron chi connectivity index (χ0n) is 17.0. The van der Waals surface area contributed by atoms with Gasteiger partial charge in [-0.3, -0.25) is 14.2 Å². The van der Waals surface area contributed by atoms with Gasteiger partial charge in [0.25, 0.3) is 0 Å². The van der Waals surface area contributed by atoms with Crippen LogP contribution in [0.1, 0.15) is 73.6 Å². The van der Waals surface area contributed by atoms with E-state index in [1.165, 1.54) is 0 Å². The predicted octanol–water partition coefficient (Wildman–Crippen LogP) is 4.47. The number of rotatable bonds is 14. The summed E-state index contributed by atoms with van der Waals surface area (Å²) in [6.07, 6.45) is 1.84. The topological polar surface area (TPSA) is 88.1 Å². The summed E-state index contributed by atoms with van der Waals surface area (Å²) in [6, 6.07) is 0. The van der Waals surface area contributed by atoms with Crippen molar-refractivity contribution in [3.05, 3.63) is 0 Å². The Labute approximate surface area is 157 Å². The second kappa shape index (κ2) is 13.3. The standard InChI is InChI=1S/C18H35O7P/c1-7-9-11-22-17(19)13-16(18(20)23-12-10-8-2)26(21,24-14(3)4)25-15(5)6/h14-16H,7-13H2,1-6H3. The summed E-state index contributed by atoms with van der Waals surface area (Å²) in [4.78, 5) is 24.6. The Morgan fingerprint density at radius 3 is 1.73 bits per heavy atom. The number of hydrogen-bond acceptors (Lipinski definition) is 7. The maximum absolute atomic E-state index is 13.3. The molecule has 0 fully saturated rings. The maximum atomic E-state index is 13.3. The quantitative estimate of drug-likeness (QED) is 0.244. The van der Waals surface area contributed by atoms with Crippen LogP contribution in [-0.4, -0.2) is 43.0 Å². The van der Waals surface area contributed by atoms with Gasteiger partial charge in [-0.2, -0.15) is 0 Å². The molecule has 0 rings (SSSR count). The Morgan fingerprint density at radius 2 is 1.31 bits per heavy atom. The molecular weight excluding hydrogens is 359 g/mol. The van der Waals surface area contributed by atoms with Crippen LogP contribution in [0, 0.1) is 0 Å². The number of hydrogen-bond donors (Lipinski definition) is 0. The summed E-state index contributed by atoms with van der Waals surface area (Å²) in [5.74, 6) is -1.37. The van der Waals surface area contributed by atoms with Crippen LogP contribution >= 0.6 is 7.60 Å². The Morgan fingerprint density at radius 1 is 0.846 bits per heavy atom. The van der Waals surface area contributed by atoms with E-state index in [0.717, 1.165) is 19.3 Å². The van der Waals surface area contributed by atoms with Crippen molar-refractivity contribution in [2.24, 2.45) is 0 Å². The minimum Gasteiger partial charge on any atom is -0.466 e. The highest BCUT2D eigenvalue weighted by Crippen LogP contribution is 2.56. The molecule has 0 aliphatic heterocycles. The van der Waals surface area contributed by atoms with Crippen LogP contribution in [-0.2, 0) is 32.7 Å². The van der Waals surface area contributed by atoms with E-state index in [-0.39, 0.29) is 13.2 Å². The third-order valence-electron chi connectivity index (χ3n) is 3.23. The van der Waals surface area contributed by atoms with Gasteiger partial charge in [0.1, 0.15) is 0 Å². The lowest BCUT2D eigenvalue weighted by molar-refractivity contribution is -0.150. The largest absolute Gasteiger partial charge is 0.466 e. The highest BCUT2D eigenvalue weighted by Gasteiger charge is 2.45. The molecule has 0 aromatic carbocycles. The Balaban J connectivity index is 5.37. The molecule has 8 heteroatoms. The number of esters is 2. The molecule has 0 amide bonds. The summed E-state index contributed by atoms with van der Waals surface area (Å²) < 4.78 is 34.6. The van der Waals surface area contributed by atoms with E-state index in [4.69, 9.17) is 18.5 Å². The van der Waals surface area contributed by atoms with Crippen molar-refractivity contribution >= 4 is 19.5 Å². The molecule has 0 aliphatic carbocycles. The van der Waals surface area contributed by atoms with Crippen molar-refractivity contribution in [2.75, 3.05) is 13.2 Å². The zero-order valence-corrected chi connectivity index (χ0v) is 17.9. The summed E-state index contributed by atoms with van der Waals surface area (Å²) in [6.45, 7) is 11.1. The molecule has 0 aliphatic rings. The van der Waals surface area contributed by atoms with Gasteiger partial charge in [0.05, 0.1) is 31.8 Å². The van der Waals surface area contributed by atoms with Gasteiger partial charge in [-0.25, -0.2) is 0 Å². The van der Waals surface area contributed by atoms with Crippen molar-refractivity contribution in [1.82, 2.24) is 0 Å². The molecule has 0 bridgehead atoms. The maximum Gasteiger partial charge on any atom is 0.345 e. The van der Waals surface area contributed by atoms with E-state index in [0.29, 0.717) is 6.42 Å². The first kappa shape index (κ1) is 25.1. The molecule has 154 valence electrons. The van der Waals surface area contributed by atoms with Crippen molar-refractivity contribution in [3.8, 4) is 0 Å². The second-order valence-corrected chi connectivity index (χ2v) is 8.79. The highest BCUT2D eigenvalue weighted by molar-refractivity contribution is 7.55. The molecule has 1 unspecified atom stereocenters. The van der Waals surface area contributed by atoms with Gasteiger partial charge in [0.15, 0.2) is 5.66 Å². The molecule has 0 radical (unpaired) electrons. The Kier molecular flexibility index (Phi) is 12.8. The molecule has 0 aromatic heterocycles. The molecule has 0 saturated heterocycles. The van der Waals surface area contributed by atoms with E-state index >= 15 is 0 Å². The molecule has 26 heavy (non-hydrogen) atoms. The smallest absolute Gasteiger partial charge is 0.345 e. The summed E-state index contributed by atoms with van der Waals surface area (Å²) >= 11 is 0. The van der Waals surface area contributed by atoms with Crippen molar-refractivity contribution in [1.29, 1.82) is 0 Å². The fraction of sp³-hybridized carbons (Fsp3) is 0.889. The fourth-order valence-electron chi connectivity index (χ4n) is 2.04. The molecule has 0 aromatic rings. The van der Waals surface area contributed by atoms with Gasteiger partial charge in [-0.1, -0.05) is 26.7 Å². The summed E-state index contributed by atoms with van der Waals surface area (Å²) in [5, 5.41) is 0. The van der Waals surface area contributed by atoms with Crippen LogP contribution in [0.15, 0.2) is 0 Å². The summed E-state index contributed by atoms with van der Waals surface area (Å²) in [7, 11) is -3.91.